The maximum Gasteiger partial charge on any atom is 0.0827 e. The number of benzene rings is 2. The summed E-state index contributed by atoms with van der Waals surface area (Å²) in [6.45, 7) is 2.22. The molecule has 0 saturated heterocycles. The van der Waals surface area contributed by atoms with E-state index in [0.29, 0.717) is 6.33 Å². The first kappa shape index (κ1) is 15.5. The van der Waals surface area contributed by atoms with Crippen molar-refractivity contribution in [2.24, 2.45) is 0 Å². The largest absolute Gasteiger partial charge is 0.216 e. The minimum atomic E-state index is 0.620. The molecule has 0 radical (unpaired) electrons. The predicted octanol–water partition coefficient (Wildman–Crippen LogP) is 6.11. The molecule has 0 aliphatic heterocycles. The average Bonchev–Trinajstić information content (AvgIpc) is 2.54. The van der Waals surface area contributed by atoms with Crippen molar-refractivity contribution in [3.63, 3.8) is 0 Å². The van der Waals surface area contributed by atoms with Crippen molar-refractivity contribution in [2.45, 2.75) is 39.0 Å². The Morgan fingerprint density at radius 2 is 1.33 bits per heavy atom. The molecular formula is C20H23F. The van der Waals surface area contributed by atoms with E-state index in [0.717, 1.165) is 19.3 Å². The van der Waals surface area contributed by atoms with Crippen molar-refractivity contribution < 1.29 is 4.39 Å². The Hall–Kier alpha value is -1.89. The quantitative estimate of drug-likeness (QED) is 0.574. The van der Waals surface area contributed by atoms with Crippen LogP contribution in [0.2, 0.25) is 0 Å². The molecule has 0 saturated carbocycles. The second-order valence-corrected chi connectivity index (χ2v) is 5.40. The van der Waals surface area contributed by atoms with Gasteiger partial charge in [0.15, 0.2) is 0 Å². The van der Waals surface area contributed by atoms with Crippen LogP contribution in [0, 0.1) is 0 Å². The molecule has 0 aliphatic carbocycles. The van der Waals surface area contributed by atoms with Gasteiger partial charge in [-0.25, -0.2) is 4.39 Å². The molecule has 0 bridgehead atoms. The van der Waals surface area contributed by atoms with Crippen LogP contribution in [0.25, 0.3) is 11.1 Å². The zero-order valence-electron chi connectivity index (χ0n) is 12.7. The Morgan fingerprint density at radius 3 is 1.81 bits per heavy atom. The van der Waals surface area contributed by atoms with E-state index in [4.69, 9.17) is 0 Å². The summed E-state index contributed by atoms with van der Waals surface area (Å²) in [5.74, 6) is 0. The van der Waals surface area contributed by atoms with E-state index in [1.165, 1.54) is 35.1 Å². The molecule has 0 aliphatic rings. The monoisotopic (exact) mass is 282 g/mol. The van der Waals surface area contributed by atoms with Crippen molar-refractivity contribution in [2.75, 3.05) is 0 Å². The SMILES string of the molecule is CCCCc1ccc(-c2ccc(CCC=CF)cc2)cc1. The third kappa shape index (κ3) is 4.86. The van der Waals surface area contributed by atoms with Crippen LogP contribution in [0.3, 0.4) is 0 Å². The van der Waals surface area contributed by atoms with Gasteiger partial charge in [-0.15, -0.1) is 0 Å². The molecular weight excluding hydrogens is 259 g/mol. The van der Waals surface area contributed by atoms with Crippen LogP contribution in [0.15, 0.2) is 60.9 Å². The number of hydrogen-bond donors (Lipinski definition) is 0. The van der Waals surface area contributed by atoms with E-state index in [1.54, 1.807) is 6.08 Å². The van der Waals surface area contributed by atoms with Crippen LogP contribution >= 0.6 is 0 Å². The van der Waals surface area contributed by atoms with Gasteiger partial charge in [-0.3, -0.25) is 0 Å². The summed E-state index contributed by atoms with van der Waals surface area (Å²) in [5, 5.41) is 0. The predicted molar refractivity (Wildman–Crippen MR) is 89.1 cm³/mol. The minimum Gasteiger partial charge on any atom is -0.216 e. The van der Waals surface area contributed by atoms with E-state index in [2.05, 4.69) is 55.5 Å². The fourth-order valence-corrected chi connectivity index (χ4v) is 2.42. The maximum absolute atomic E-state index is 11.9. The highest BCUT2D eigenvalue weighted by atomic mass is 19.1. The third-order valence-electron chi connectivity index (χ3n) is 3.75. The fourth-order valence-electron chi connectivity index (χ4n) is 2.42. The van der Waals surface area contributed by atoms with Crippen LogP contribution in [0.4, 0.5) is 4.39 Å². The van der Waals surface area contributed by atoms with Gasteiger partial charge in [-0.2, -0.15) is 0 Å². The topological polar surface area (TPSA) is 0 Å². The minimum absolute atomic E-state index is 0.620. The highest BCUT2D eigenvalue weighted by Crippen LogP contribution is 2.21. The smallest absolute Gasteiger partial charge is 0.0827 e. The molecule has 1 heteroatoms. The Morgan fingerprint density at radius 1 is 0.810 bits per heavy atom. The van der Waals surface area contributed by atoms with E-state index in [-0.39, 0.29) is 0 Å². The highest BCUT2D eigenvalue weighted by Gasteiger charge is 1.99. The van der Waals surface area contributed by atoms with Crippen molar-refractivity contribution in [3.8, 4) is 11.1 Å². The summed E-state index contributed by atoms with van der Waals surface area (Å²) >= 11 is 0. The molecule has 0 aromatic heterocycles. The first-order valence-electron chi connectivity index (χ1n) is 7.77. The number of halogens is 1. The van der Waals surface area contributed by atoms with Crippen LogP contribution in [0.1, 0.15) is 37.3 Å². The lowest BCUT2D eigenvalue weighted by molar-refractivity contribution is 0.713. The van der Waals surface area contributed by atoms with Gasteiger partial charge in [0.05, 0.1) is 6.33 Å². The van der Waals surface area contributed by atoms with Gasteiger partial charge in [0.25, 0.3) is 0 Å². The second kappa shape index (κ2) is 8.41. The van der Waals surface area contributed by atoms with Gasteiger partial charge in [0, 0.05) is 0 Å². The molecule has 0 spiro atoms. The van der Waals surface area contributed by atoms with Crippen LogP contribution in [-0.4, -0.2) is 0 Å². The Bertz CT molecular complexity index is 549. The van der Waals surface area contributed by atoms with Crippen molar-refractivity contribution in [1.29, 1.82) is 0 Å². The van der Waals surface area contributed by atoms with Crippen molar-refractivity contribution in [1.82, 2.24) is 0 Å². The van der Waals surface area contributed by atoms with Crippen LogP contribution in [0.5, 0.6) is 0 Å². The number of rotatable bonds is 7. The maximum atomic E-state index is 11.9. The lowest BCUT2D eigenvalue weighted by atomic mass is 10.00. The lowest BCUT2D eigenvalue weighted by Gasteiger charge is -2.06. The molecule has 0 fully saturated rings. The van der Waals surface area contributed by atoms with E-state index < -0.39 is 0 Å². The molecule has 0 nitrogen and oxygen atoms in total. The number of unbranched alkanes of at least 4 members (excludes halogenated alkanes) is 1. The number of allylic oxidation sites excluding steroid dienone is 1. The van der Waals surface area contributed by atoms with E-state index >= 15 is 0 Å². The molecule has 0 heterocycles. The van der Waals surface area contributed by atoms with Gasteiger partial charge in [0.2, 0.25) is 0 Å². The molecule has 0 amide bonds. The average molecular weight is 282 g/mol. The van der Waals surface area contributed by atoms with Crippen molar-refractivity contribution >= 4 is 0 Å². The number of aryl methyl sites for hydroxylation is 2. The summed E-state index contributed by atoms with van der Waals surface area (Å²) in [4.78, 5) is 0. The molecule has 2 aromatic rings. The van der Waals surface area contributed by atoms with Gasteiger partial charge in [0.1, 0.15) is 0 Å². The first-order chi connectivity index (χ1) is 10.3. The Labute approximate surface area is 127 Å². The van der Waals surface area contributed by atoms with E-state index in [9.17, 15) is 4.39 Å². The third-order valence-corrected chi connectivity index (χ3v) is 3.75. The zero-order valence-corrected chi connectivity index (χ0v) is 12.7. The summed E-state index contributed by atoms with van der Waals surface area (Å²) in [7, 11) is 0. The molecule has 0 N–H and O–H groups in total. The molecule has 110 valence electrons. The molecule has 21 heavy (non-hydrogen) atoms. The fraction of sp³-hybridized carbons (Fsp3) is 0.300. The van der Waals surface area contributed by atoms with Crippen molar-refractivity contribution in [3.05, 3.63) is 72.1 Å². The standard InChI is InChI=1S/C20H23F/c1-2-3-6-17-8-12-19(13-9-17)20-14-10-18(11-15-20)7-4-5-16-21/h5,8-16H,2-4,6-7H2,1H3. The zero-order chi connectivity index (χ0) is 14.9. The van der Waals surface area contributed by atoms with Gasteiger partial charge in [-0.05, 0) is 47.9 Å². The molecule has 0 unspecified atom stereocenters. The Balaban J connectivity index is 2.01. The summed E-state index contributed by atoms with van der Waals surface area (Å²) in [5.41, 5.74) is 5.15. The van der Waals surface area contributed by atoms with E-state index in [1.807, 2.05) is 0 Å². The lowest BCUT2D eigenvalue weighted by Crippen LogP contribution is -1.86. The van der Waals surface area contributed by atoms with Gasteiger partial charge >= 0.3 is 0 Å². The Kier molecular flexibility index (Phi) is 6.21. The molecule has 0 atom stereocenters. The van der Waals surface area contributed by atoms with Gasteiger partial charge in [-0.1, -0.05) is 68.0 Å². The number of hydrogen-bond acceptors (Lipinski definition) is 0. The first-order valence-corrected chi connectivity index (χ1v) is 7.77. The summed E-state index contributed by atoms with van der Waals surface area (Å²) < 4.78 is 11.9. The normalized spacial score (nSPS) is 11.1. The highest BCUT2D eigenvalue weighted by molar-refractivity contribution is 5.63. The molecule has 2 aromatic carbocycles. The summed E-state index contributed by atoms with van der Waals surface area (Å²) in [6, 6.07) is 17.4. The van der Waals surface area contributed by atoms with Gasteiger partial charge < -0.3 is 0 Å². The van der Waals surface area contributed by atoms with Crippen LogP contribution < -0.4 is 0 Å². The molecule has 2 rings (SSSR count). The summed E-state index contributed by atoms with van der Waals surface area (Å²) in [6.07, 6.45) is 7.47. The second-order valence-electron chi connectivity index (χ2n) is 5.40. The van der Waals surface area contributed by atoms with Crippen LogP contribution in [-0.2, 0) is 12.8 Å².